The Morgan fingerprint density at radius 1 is 1.80 bits per heavy atom. The third-order valence-corrected chi connectivity index (χ3v) is 1.69. The minimum absolute atomic E-state index is 0.0990. The summed E-state index contributed by atoms with van der Waals surface area (Å²) >= 11 is 1.84. The van der Waals surface area contributed by atoms with Gasteiger partial charge in [0.05, 0.1) is 0 Å². The summed E-state index contributed by atoms with van der Waals surface area (Å²) in [6.45, 7) is 1.68. The normalized spacial score (nSPS) is 9.80. The van der Waals surface area contributed by atoms with E-state index in [2.05, 4.69) is 9.97 Å². The average Bonchev–Trinajstić information content (AvgIpc) is 2.10. The molecule has 1 aromatic rings. The van der Waals surface area contributed by atoms with Gasteiger partial charge in [-0.1, -0.05) is 0 Å². The van der Waals surface area contributed by atoms with E-state index in [1.54, 1.807) is 6.92 Å². The molecule has 0 saturated heterocycles. The molecule has 0 amide bonds. The number of hydrogen-bond acceptors (Lipinski definition) is 3. The van der Waals surface area contributed by atoms with Crippen molar-refractivity contribution in [3.05, 3.63) is 19.6 Å². The van der Waals surface area contributed by atoms with Crippen LogP contribution in [0.1, 0.15) is 5.82 Å². The molecule has 1 heterocycles. The highest BCUT2D eigenvalue weighted by atomic mass is 127. The lowest BCUT2D eigenvalue weighted by atomic mass is 10.7. The van der Waals surface area contributed by atoms with E-state index in [9.17, 15) is 10.1 Å². The van der Waals surface area contributed by atoms with Crippen LogP contribution >= 0.6 is 22.6 Å². The Bertz CT molecular complexity index is 269. The van der Waals surface area contributed by atoms with Gasteiger partial charge in [0.2, 0.25) is 5.82 Å². The minimum Gasteiger partial charge on any atom is -0.358 e. The predicted octanol–water partition coefficient (Wildman–Crippen LogP) is 1.23. The number of nitrogens with zero attached hydrogens (tertiary/aromatic N) is 2. The highest BCUT2D eigenvalue weighted by Crippen LogP contribution is 2.15. The lowest BCUT2D eigenvalue weighted by Crippen LogP contribution is -1.89. The van der Waals surface area contributed by atoms with Crippen LogP contribution in [-0.2, 0) is 0 Å². The van der Waals surface area contributed by atoms with Gasteiger partial charge in [0.25, 0.3) is 0 Å². The molecule has 0 aromatic carbocycles. The monoisotopic (exact) mass is 253 g/mol. The molecule has 0 aliphatic rings. The minimum atomic E-state index is -0.509. The number of H-pyrrole nitrogens is 1. The van der Waals surface area contributed by atoms with E-state index >= 15 is 0 Å². The number of aromatic nitrogens is 2. The number of nitrogens with one attached hydrogen (secondary N) is 1. The van der Waals surface area contributed by atoms with Crippen LogP contribution in [0.25, 0.3) is 0 Å². The highest BCUT2D eigenvalue weighted by molar-refractivity contribution is 14.1. The molecular weight excluding hydrogens is 249 g/mol. The zero-order valence-corrected chi connectivity index (χ0v) is 7.25. The van der Waals surface area contributed by atoms with Crippen molar-refractivity contribution in [2.75, 3.05) is 0 Å². The summed E-state index contributed by atoms with van der Waals surface area (Å²) in [5.74, 6) is 0.467. The van der Waals surface area contributed by atoms with Crippen LogP contribution in [0.3, 0.4) is 0 Å². The van der Waals surface area contributed by atoms with Gasteiger partial charge in [-0.3, -0.25) is 0 Å². The van der Waals surface area contributed by atoms with Crippen molar-refractivity contribution in [2.24, 2.45) is 0 Å². The molecule has 6 heteroatoms. The molecule has 0 bridgehead atoms. The summed E-state index contributed by atoms with van der Waals surface area (Å²) in [5, 5.41) is 10.2. The van der Waals surface area contributed by atoms with Gasteiger partial charge < -0.3 is 15.1 Å². The van der Waals surface area contributed by atoms with Crippen molar-refractivity contribution < 1.29 is 4.92 Å². The molecule has 0 spiro atoms. The zero-order valence-electron chi connectivity index (χ0n) is 5.09. The Morgan fingerprint density at radius 2 is 2.40 bits per heavy atom. The zero-order chi connectivity index (χ0) is 7.72. The molecule has 1 aromatic heterocycles. The summed E-state index contributed by atoms with van der Waals surface area (Å²) in [4.78, 5) is 16.0. The van der Waals surface area contributed by atoms with Gasteiger partial charge in [0.1, 0.15) is 0 Å². The summed E-state index contributed by atoms with van der Waals surface area (Å²) in [5.41, 5.74) is 0. The van der Waals surface area contributed by atoms with Crippen molar-refractivity contribution in [1.82, 2.24) is 9.97 Å². The summed E-state index contributed by atoms with van der Waals surface area (Å²) < 4.78 is 0.472. The van der Waals surface area contributed by atoms with E-state index in [1.165, 1.54) is 0 Å². The van der Waals surface area contributed by atoms with E-state index in [0.29, 0.717) is 9.53 Å². The van der Waals surface area contributed by atoms with Crippen molar-refractivity contribution in [3.8, 4) is 0 Å². The Kier molecular flexibility index (Phi) is 1.88. The first-order valence-corrected chi connectivity index (χ1v) is 3.55. The van der Waals surface area contributed by atoms with Crippen molar-refractivity contribution in [2.45, 2.75) is 6.92 Å². The first kappa shape index (κ1) is 7.45. The number of nitro groups is 1. The number of aryl methyl sites for hydroxylation is 1. The topological polar surface area (TPSA) is 71.8 Å². The van der Waals surface area contributed by atoms with E-state index < -0.39 is 4.92 Å². The first-order valence-electron chi connectivity index (χ1n) is 2.47. The second kappa shape index (κ2) is 2.52. The number of halogens is 1. The lowest BCUT2D eigenvalue weighted by molar-refractivity contribution is -0.390. The van der Waals surface area contributed by atoms with E-state index in [-0.39, 0.29) is 5.82 Å². The Balaban J connectivity index is 3.15. The van der Waals surface area contributed by atoms with Crippen LogP contribution in [0.2, 0.25) is 0 Å². The third kappa shape index (κ3) is 1.25. The highest BCUT2D eigenvalue weighted by Gasteiger charge is 2.16. The van der Waals surface area contributed by atoms with E-state index in [4.69, 9.17) is 0 Å². The van der Waals surface area contributed by atoms with Gasteiger partial charge in [-0.25, -0.2) is 0 Å². The van der Waals surface area contributed by atoms with Crippen LogP contribution in [0, 0.1) is 20.7 Å². The predicted molar refractivity (Wildman–Crippen MR) is 42.7 cm³/mol. The van der Waals surface area contributed by atoms with Gasteiger partial charge >= 0.3 is 5.82 Å². The van der Waals surface area contributed by atoms with Crippen molar-refractivity contribution in [3.63, 3.8) is 0 Å². The fourth-order valence-electron chi connectivity index (χ4n) is 0.572. The second-order valence-electron chi connectivity index (χ2n) is 1.72. The standard InChI is InChI=1S/C4H4IN3O2/c1-2-6-3(5)4(7-2)8(9)10/h1H3,(H,6,7). The number of rotatable bonds is 1. The fraction of sp³-hybridized carbons (Fsp3) is 0.250. The molecule has 0 unspecified atom stereocenters. The number of hydrogen-bond donors (Lipinski definition) is 1. The summed E-state index contributed by atoms with van der Waals surface area (Å²) in [6, 6.07) is 0. The smallest absolute Gasteiger partial charge is 0.358 e. The molecule has 1 N–H and O–H groups in total. The molecular formula is C4H4IN3O2. The third-order valence-electron chi connectivity index (χ3n) is 0.934. The molecule has 5 nitrogen and oxygen atoms in total. The summed E-state index contributed by atoms with van der Waals surface area (Å²) in [6.07, 6.45) is 0. The molecule has 0 fully saturated rings. The molecule has 0 aliphatic carbocycles. The number of aromatic amines is 1. The van der Waals surface area contributed by atoms with Gasteiger partial charge in [0, 0.05) is 6.92 Å². The fourth-order valence-corrected chi connectivity index (χ4v) is 1.28. The van der Waals surface area contributed by atoms with Crippen LogP contribution in [-0.4, -0.2) is 14.9 Å². The Morgan fingerprint density at radius 3 is 2.60 bits per heavy atom. The van der Waals surface area contributed by atoms with Crippen LogP contribution in [0.4, 0.5) is 5.82 Å². The summed E-state index contributed by atoms with van der Waals surface area (Å²) in [7, 11) is 0. The van der Waals surface area contributed by atoms with E-state index in [1.807, 2.05) is 22.6 Å². The largest absolute Gasteiger partial charge is 0.395 e. The van der Waals surface area contributed by atoms with Crippen LogP contribution in [0.15, 0.2) is 0 Å². The van der Waals surface area contributed by atoms with Gasteiger partial charge in [0.15, 0.2) is 3.70 Å². The molecule has 10 heavy (non-hydrogen) atoms. The van der Waals surface area contributed by atoms with Crippen LogP contribution < -0.4 is 0 Å². The average molecular weight is 253 g/mol. The molecule has 0 aliphatic heterocycles. The molecule has 0 atom stereocenters. The maximum Gasteiger partial charge on any atom is 0.395 e. The van der Waals surface area contributed by atoms with Crippen LogP contribution in [0.5, 0.6) is 0 Å². The molecule has 54 valence electrons. The van der Waals surface area contributed by atoms with Gasteiger partial charge in [-0.2, -0.15) is 0 Å². The molecule has 1 rings (SSSR count). The maximum atomic E-state index is 10.2. The maximum absolute atomic E-state index is 10.2. The quantitative estimate of drug-likeness (QED) is 0.464. The van der Waals surface area contributed by atoms with Gasteiger partial charge in [-0.15, -0.1) is 0 Å². The van der Waals surface area contributed by atoms with Crippen molar-refractivity contribution >= 4 is 28.4 Å². The van der Waals surface area contributed by atoms with Gasteiger partial charge in [-0.05, 0) is 32.5 Å². The molecule has 0 radical (unpaired) electrons. The Hall–Kier alpha value is -0.660. The molecule has 0 saturated carbocycles. The lowest BCUT2D eigenvalue weighted by Gasteiger charge is -1.84. The second-order valence-corrected chi connectivity index (χ2v) is 2.80. The van der Waals surface area contributed by atoms with Crippen molar-refractivity contribution in [1.29, 1.82) is 0 Å². The first-order chi connectivity index (χ1) is 4.61. The SMILES string of the molecule is Cc1nc([N+](=O)[O-])c(I)[nH]1. The van der Waals surface area contributed by atoms with E-state index in [0.717, 1.165) is 0 Å². The Labute approximate surface area is 70.1 Å². The number of imidazole rings is 1.